The molecule has 0 heterocycles. The molecule has 8 heteroatoms. The fourth-order valence-corrected chi connectivity index (χ4v) is 2.48. The number of ether oxygens (including phenoxy) is 1. The molecule has 1 amide bonds. The van der Waals surface area contributed by atoms with E-state index in [1.807, 2.05) is 0 Å². The average molecular weight is 329 g/mol. The molecule has 122 valence electrons. The van der Waals surface area contributed by atoms with E-state index in [9.17, 15) is 23.1 Å². The first-order valence-corrected chi connectivity index (χ1v) is 8.26. The van der Waals surface area contributed by atoms with Crippen LogP contribution in [0.25, 0.3) is 0 Å². The lowest BCUT2D eigenvalue weighted by molar-refractivity contribution is -0.145. The van der Waals surface area contributed by atoms with E-state index in [4.69, 9.17) is 4.74 Å². The zero-order valence-electron chi connectivity index (χ0n) is 12.8. The van der Waals surface area contributed by atoms with Gasteiger partial charge in [0.2, 0.25) is 0 Å². The van der Waals surface area contributed by atoms with Gasteiger partial charge in [0.1, 0.15) is 0 Å². The number of hydrogen-bond acceptors (Lipinski definition) is 5. The number of carboxylic acids is 1. The number of nitrogens with one attached hydrogen (secondary N) is 1. The van der Waals surface area contributed by atoms with E-state index < -0.39 is 27.3 Å². The van der Waals surface area contributed by atoms with E-state index in [-0.39, 0.29) is 17.1 Å². The van der Waals surface area contributed by atoms with Gasteiger partial charge in [-0.1, -0.05) is 6.07 Å². The van der Waals surface area contributed by atoms with E-state index >= 15 is 0 Å². The Hall–Kier alpha value is -1.93. The number of benzene rings is 1. The number of hydrogen-bond donors (Lipinski definition) is 2. The van der Waals surface area contributed by atoms with E-state index in [2.05, 4.69) is 5.32 Å². The third-order valence-electron chi connectivity index (χ3n) is 3.18. The topological polar surface area (TPSA) is 110 Å². The molecule has 1 unspecified atom stereocenters. The quantitative estimate of drug-likeness (QED) is 0.791. The fraction of sp³-hybridized carbons (Fsp3) is 0.429. The first kappa shape index (κ1) is 18.1. The van der Waals surface area contributed by atoms with E-state index in [0.29, 0.717) is 5.56 Å². The Morgan fingerprint density at radius 3 is 2.41 bits per heavy atom. The molecule has 0 aliphatic carbocycles. The minimum absolute atomic E-state index is 0.00739. The summed E-state index contributed by atoms with van der Waals surface area (Å²) in [5, 5.41) is 11.6. The molecule has 1 rings (SSSR count). The largest absolute Gasteiger partial charge is 0.479 e. The van der Waals surface area contributed by atoms with Crippen LogP contribution in [0.1, 0.15) is 22.8 Å². The van der Waals surface area contributed by atoms with Crippen LogP contribution < -0.4 is 5.32 Å². The molecular weight excluding hydrogens is 310 g/mol. The summed E-state index contributed by atoms with van der Waals surface area (Å²) in [6.07, 6.45) is 1.03. The van der Waals surface area contributed by atoms with Gasteiger partial charge in [-0.15, -0.1) is 0 Å². The van der Waals surface area contributed by atoms with Gasteiger partial charge >= 0.3 is 5.97 Å². The molecule has 0 bridgehead atoms. The number of aliphatic carboxylic acids is 1. The van der Waals surface area contributed by atoms with Gasteiger partial charge in [-0.3, -0.25) is 4.79 Å². The molecule has 0 aliphatic rings. The van der Waals surface area contributed by atoms with Gasteiger partial charge < -0.3 is 15.2 Å². The molecule has 0 aliphatic heterocycles. The normalized spacial score (nSPS) is 14.2. The fourth-order valence-electron chi connectivity index (χ4n) is 1.83. The highest BCUT2D eigenvalue weighted by molar-refractivity contribution is 7.90. The van der Waals surface area contributed by atoms with Gasteiger partial charge in [0.25, 0.3) is 5.91 Å². The number of sulfone groups is 1. The Morgan fingerprint density at radius 2 is 1.95 bits per heavy atom. The van der Waals surface area contributed by atoms with Crippen LogP contribution >= 0.6 is 0 Å². The maximum absolute atomic E-state index is 12.3. The van der Waals surface area contributed by atoms with Crippen LogP contribution in [0.15, 0.2) is 23.1 Å². The molecule has 1 atom stereocenters. The minimum Gasteiger partial charge on any atom is -0.479 e. The van der Waals surface area contributed by atoms with Crippen molar-refractivity contribution < 1.29 is 27.9 Å². The Labute approximate surface area is 129 Å². The van der Waals surface area contributed by atoms with Crippen LogP contribution in [-0.4, -0.2) is 50.9 Å². The van der Waals surface area contributed by atoms with Gasteiger partial charge in [-0.05, 0) is 31.5 Å². The highest BCUT2D eigenvalue weighted by Gasteiger charge is 2.35. The molecule has 0 fully saturated rings. The summed E-state index contributed by atoms with van der Waals surface area (Å²) in [7, 11) is -2.14. The maximum Gasteiger partial charge on any atom is 0.331 e. The zero-order valence-corrected chi connectivity index (χ0v) is 13.7. The summed E-state index contributed by atoms with van der Waals surface area (Å²) in [5.74, 6) is -1.93. The van der Waals surface area contributed by atoms with E-state index in [0.717, 1.165) is 6.26 Å². The second-order valence-electron chi connectivity index (χ2n) is 5.27. The Kier molecular flexibility index (Phi) is 5.31. The number of amides is 1. The van der Waals surface area contributed by atoms with Crippen LogP contribution in [0.2, 0.25) is 0 Å². The molecule has 0 aromatic heterocycles. The van der Waals surface area contributed by atoms with Crippen LogP contribution in [0, 0.1) is 6.92 Å². The molecule has 7 nitrogen and oxygen atoms in total. The predicted octanol–water partition coefficient (Wildman–Crippen LogP) is 0.618. The van der Waals surface area contributed by atoms with Gasteiger partial charge in [-0.2, -0.15) is 0 Å². The lowest BCUT2D eigenvalue weighted by Gasteiger charge is -2.25. The molecule has 2 N–H and O–H groups in total. The van der Waals surface area contributed by atoms with Crippen molar-refractivity contribution >= 4 is 21.7 Å². The maximum atomic E-state index is 12.3. The minimum atomic E-state index is -3.47. The molecule has 0 saturated heterocycles. The molecule has 0 saturated carbocycles. The summed E-state index contributed by atoms with van der Waals surface area (Å²) in [6, 6.07) is 4.13. The lowest BCUT2D eigenvalue weighted by atomic mass is 10.0. The van der Waals surface area contributed by atoms with Crippen molar-refractivity contribution in [2.24, 2.45) is 0 Å². The third-order valence-corrected chi connectivity index (χ3v) is 4.29. The van der Waals surface area contributed by atoms with E-state index in [1.54, 1.807) is 6.92 Å². The number of rotatable bonds is 6. The van der Waals surface area contributed by atoms with Crippen molar-refractivity contribution in [1.29, 1.82) is 0 Å². The number of methoxy groups -OCH3 is 1. The predicted molar refractivity (Wildman–Crippen MR) is 79.7 cm³/mol. The summed E-state index contributed by atoms with van der Waals surface area (Å²) < 4.78 is 28.0. The van der Waals surface area contributed by atoms with Crippen LogP contribution in [0.4, 0.5) is 0 Å². The highest BCUT2D eigenvalue weighted by atomic mass is 32.2. The Balaban J connectivity index is 3.20. The van der Waals surface area contributed by atoms with Crippen molar-refractivity contribution in [3.05, 3.63) is 29.3 Å². The van der Waals surface area contributed by atoms with Crippen LogP contribution in [-0.2, 0) is 19.4 Å². The van der Waals surface area contributed by atoms with Gasteiger partial charge in [-0.25, -0.2) is 13.2 Å². The second-order valence-corrected chi connectivity index (χ2v) is 7.29. The molecule has 22 heavy (non-hydrogen) atoms. The summed E-state index contributed by atoms with van der Waals surface area (Å²) in [5.41, 5.74) is -0.971. The molecule has 0 spiro atoms. The first-order chi connectivity index (χ1) is 10.0. The monoisotopic (exact) mass is 329 g/mol. The van der Waals surface area contributed by atoms with Crippen molar-refractivity contribution in [3.8, 4) is 0 Å². The second kappa shape index (κ2) is 6.45. The number of carbonyl (C=O) groups excluding carboxylic acids is 1. The number of carbonyl (C=O) groups is 2. The number of carboxylic acid groups (broad SMARTS) is 1. The molecule has 1 aromatic rings. The van der Waals surface area contributed by atoms with Crippen molar-refractivity contribution in [2.75, 3.05) is 20.0 Å². The summed E-state index contributed by atoms with van der Waals surface area (Å²) in [6.45, 7) is 2.72. The SMILES string of the molecule is COCC(C)(NC(=O)c1cc(S(C)(=O)=O)ccc1C)C(=O)O. The molecule has 0 radical (unpaired) electrons. The highest BCUT2D eigenvalue weighted by Crippen LogP contribution is 2.17. The smallest absolute Gasteiger partial charge is 0.331 e. The van der Waals surface area contributed by atoms with Crippen molar-refractivity contribution in [1.82, 2.24) is 5.32 Å². The summed E-state index contributed by atoms with van der Waals surface area (Å²) in [4.78, 5) is 23.6. The van der Waals surface area contributed by atoms with Crippen LogP contribution in [0.5, 0.6) is 0 Å². The number of aryl methyl sites for hydroxylation is 1. The standard InChI is InChI=1S/C14H19NO6S/c1-9-5-6-10(22(4,19)20)7-11(9)12(16)15-14(2,8-21-3)13(17)18/h5-7H,8H2,1-4H3,(H,15,16)(H,17,18). The average Bonchev–Trinajstić information content (AvgIpc) is 2.37. The van der Waals surface area contributed by atoms with Crippen LogP contribution in [0.3, 0.4) is 0 Å². The van der Waals surface area contributed by atoms with E-state index in [1.165, 1.54) is 32.2 Å². The Bertz CT molecular complexity index is 697. The van der Waals surface area contributed by atoms with Crippen molar-refractivity contribution in [3.63, 3.8) is 0 Å². The molecular formula is C14H19NO6S. The lowest BCUT2D eigenvalue weighted by Crippen LogP contribution is -2.55. The zero-order chi connectivity index (χ0) is 17.1. The van der Waals surface area contributed by atoms with Crippen molar-refractivity contribution in [2.45, 2.75) is 24.3 Å². The Morgan fingerprint density at radius 1 is 1.36 bits per heavy atom. The van der Waals surface area contributed by atoms with Gasteiger partial charge in [0, 0.05) is 18.9 Å². The molecule has 1 aromatic carbocycles. The van der Waals surface area contributed by atoms with Gasteiger partial charge in [0.05, 0.1) is 11.5 Å². The van der Waals surface area contributed by atoms with Gasteiger partial charge in [0.15, 0.2) is 15.4 Å². The third kappa shape index (κ3) is 4.05. The summed E-state index contributed by atoms with van der Waals surface area (Å²) >= 11 is 0. The first-order valence-electron chi connectivity index (χ1n) is 6.37.